The minimum atomic E-state index is -4.51. The van der Waals surface area contributed by atoms with E-state index in [4.69, 9.17) is 5.73 Å². The van der Waals surface area contributed by atoms with Crippen molar-refractivity contribution < 1.29 is 13.2 Å². The molecule has 0 fully saturated rings. The lowest BCUT2D eigenvalue weighted by atomic mass is 10.1. The van der Waals surface area contributed by atoms with Crippen molar-refractivity contribution in [2.45, 2.75) is 6.18 Å². The molecular weight excluding hydrogens is 389 g/mol. The summed E-state index contributed by atoms with van der Waals surface area (Å²) in [5.74, 6) is 0.316. The highest BCUT2D eigenvalue weighted by Crippen LogP contribution is 2.37. The number of hydrogen-bond donors (Lipinski definition) is 3. The van der Waals surface area contributed by atoms with Crippen molar-refractivity contribution in [1.29, 1.82) is 0 Å². The maximum Gasteiger partial charge on any atom is 0.418 e. The number of hydrogen-bond acceptors (Lipinski definition) is 7. The van der Waals surface area contributed by atoms with E-state index in [0.29, 0.717) is 5.13 Å². The van der Waals surface area contributed by atoms with Gasteiger partial charge < -0.3 is 16.4 Å². The Morgan fingerprint density at radius 3 is 2.32 bits per heavy atom. The van der Waals surface area contributed by atoms with E-state index in [2.05, 4.69) is 25.6 Å². The molecule has 142 valence electrons. The zero-order valence-electron chi connectivity index (χ0n) is 14.2. The third kappa shape index (κ3) is 3.54. The summed E-state index contributed by atoms with van der Waals surface area (Å²) in [5, 5.41) is 6.21. The third-order valence-electron chi connectivity index (χ3n) is 3.89. The van der Waals surface area contributed by atoms with Crippen molar-refractivity contribution in [1.82, 2.24) is 15.0 Å². The maximum atomic E-state index is 13.2. The van der Waals surface area contributed by atoms with Crippen LogP contribution in [0.1, 0.15) is 5.56 Å². The molecular formula is C18H13F3N6S. The van der Waals surface area contributed by atoms with Gasteiger partial charge in [-0.2, -0.15) is 13.2 Å². The van der Waals surface area contributed by atoms with Crippen molar-refractivity contribution in [3.8, 4) is 0 Å². The van der Waals surface area contributed by atoms with Crippen LogP contribution < -0.4 is 16.4 Å². The highest BCUT2D eigenvalue weighted by atomic mass is 32.1. The molecule has 4 aromatic rings. The molecule has 2 aromatic heterocycles. The van der Waals surface area contributed by atoms with E-state index in [1.165, 1.54) is 35.9 Å². The van der Waals surface area contributed by atoms with Gasteiger partial charge in [-0.3, -0.25) is 0 Å². The number of aromatic nitrogens is 3. The summed E-state index contributed by atoms with van der Waals surface area (Å²) < 4.78 is 40.6. The predicted octanol–water partition coefficient (Wildman–Crippen LogP) is 5.17. The van der Waals surface area contributed by atoms with E-state index < -0.39 is 11.7 Å². The quantitative estimate of drug-likeness (QED) is 0.436. The second kappa shape index (κ2) is 6.97. The SMILES string of the molecule is Nc1c(Nc2nc3ccccc3s2)ncnc1Nc1ccccc1C(F)(F)F. The Bertz CT molecular complexity index is 1110. The first-order chi connectivity index (χ1) is 13.4. The molecule has 2 heterocycles. The Hall–Kier alpha value is -3.40. The number of nitrogens with zero attached hydrogens (tertiary/aromatic N) is 3. The Labute approximate surface area is 161 Å². The number of anilines is 5. The summed E-state index contributed by atoms with van der Waals surface area (Å²) in [4.78, 5) is 12.5. The summed E-state index contributed by atoms with van der Waals surface area (Å²) in [6.45, 7) is 0. The number of nitrogen functional groups attached to an aromatic ring is 1. The standard InChI is InChI=1S/C18H13F3N6S/c19-18(20,21)10-5-1-2-6-11(10)25-15-14(22)16(24-9-23-15)27-17-26-12-7-3-4-8-13(12)28-17/h1-9H,22H2,(H2,23,24,25,26,27). The molecule has 0 aliphatic heterocycles. The molecule has 2 aromatic carbocycles. The molecule has 0 saturated heterocycles. The Morgan fingerprint density at radius 2 is 1.57 bits per heavy atom. The van der Waals surface area contributed by atoms with Gasteiger partial charge in [-0.25, -0.2) is 15.0 Å². The van der Waals surface area contributed by atoms with Crippen LogP contribution >= 0.6 is 11.3 Å². The number of rotatable bonds is 4. The fourth-order valence-electron chi connectivity index (χ4n) is 2.59. The van der Waals surface area contributed by atoms with Gasteiger partial charge in [0.1, 0.15) is 12.0 Å². The molecule has 0 bridgehead atoms. The average Bonchev–Trinajstić information content (AvgIpc) is 3.07. The lowest BCUT2D eigenvalue weighted by Crippen LogP contribution is -2.10. The average molecular weight is 402 g/mol. The second-order valence-electron chi connectivity index (χ2n) is 5.76. The molecule has 28 heavy (non-hydrogen) atoms. The largest absolute Gasteiger partial charge is 0.418 e. The van der Waals surface area contributed by atoms with Gasteiger partial charge in [0.2, 0.25) is 0 Å². The number of halogens is 3. The highest BCUT2D eigenvalue weighted by Gasteiger charge is 2.33. The molecule has 6 nitrogen and oxygen atoms in total. The smallest absolute Gasteiger partial charge is 0.393 e. The molecule has 0 aliphatic carbocycles. The number of nitrogens with two attached hydrogens (primary N) is 1. The summed E-state index contributed by atoms with van der Waals surface area (Å²) >= 11 is 1.41. The van der Waals surface area contributed by atoms with Gasteiger partial charge in [0.15, 0.2) is 16.8 Å². The van der Waals surface area contributed by atoms with E-state index in [0.717, 1.165) is 16.3 Å². The Morgan fingerprint density at radius 1 is 0.893 bits per heavy atom. The molecule has 4 rings (SSSR count). The van der Waals surface area contributed by atoms with E-state index in [9.17, 15) is 13.2 Å². The molecule has 0 radical (unpaired) electrons. The van der Waals surface area contributed by atoms with Crippen molar-refractivity contribution in [2.75, 3.05) is 16.4 Å². The fraction of sp³-hybridized carbons (Fsp3) is 0.0556. The summed E-state index contributed by atoms with van der Waals surface area (Å²) in [5.41, 5.74) is 6.02. The lowest BCUT2D eigenvalue weighted by Gasteiger charge is -2.15. The van der Waals surface area contributed by atoms with Crippen LogP contribution in [0, 0.1) is 0 Å². The Balaban J connectivity index is 1.64. The number of alkyl halides is 3. The summed E-state index contributed by atoms with van der Waals surface area (Å²) in [7, 11) is 0. The van der Waals surface area contributed by atoms with Crippen LogP contribution in [0.5, 0.6) is 0 Å². The Kier molecular flexibility index (Phi) is 4.47. The van der Waals surface area contributed by atoms with Crippen LogP contribution in [0.25, 0.3) is 10.2 Å². The maximum absolute atomic E-state index is 13.2. The number of thiazole rings is 1. The highest BCUT2D eigenvalue weighted by molar-refractivity contribution is 7.22. The van der Waals surface area contributed by atoms with Gasteiger partial charge in [-0.05, 0) is 24.3 Å². The van der Waals surface area contributed by atoms with Crippen LogP contribution in [-0.4, -0.2) is 15.0 Å². The number of nitrogens with one attached hydrogen (secondary N) is 2. The lowest BCUT2D eigenvalue weighted by molar-refractivity contribution is -0.136. The van der Waals surface area contributed by atoms with Crippen molar-refractivity contribution in [3.63, 3.8) is 0 Å². The van der Waals surface area contributed by atoms with E-state index in [-0.39, 0.29) is 23.0 Å². The number of para-hydroxylation sites is 2. The fourth-order valence-corrected chi connectivity index (χ4v) is 3.45. The molecule has 0 atom stereocenters. The van der Waals surface area contributed by atoms with Gasteiger partial charge in [0, 0.05) is 0 Å². The van der Waals surface area contributed by atoms with Gasteiger partial charge in [-0.1, -0.05) is 35.6 Å². The molecule has 4 N–H and O–H groups in total. The van der Waals surface area contributed by atoms with Crippen LogP contribution in [-0.2, 0) is 6.18 Å². The van der Waals surface area contributed by atoms with Crippen molar-refractivity contribution in [3.05, 3.63) is 60.4 Å². The van der Waals surface area contributed by atoms with E-state index >= 15 is 0 Å². The van der Waals surface area contributed by atoms with E-state index in [1.54, 1.807) is 0 Å². The molecule has 10 heteroatoms. The summed E-state index contributed by atoms with van der Waals surface area (Å²) in [6, 6.07) is 12.7. The monoisotopic (exact) mass is 402 g/mol. The normalized spacial score (nSPS) is 11.5. The predicted molar refractivity (Wildman–Crippen MR) is 104 cm³/mol. The van der Waals surface area contributed by atoms with E-state index in [1.807, 2.05) is 24.3 Å². The van der Waals surface area contributed by atoms with Gasteiger partial charge in [0.25, 0.3) is 0 Å². The first-order valence-corrected chi connectivity index (χ1v) is 8.90. The third-order valence-corrected chi connectivity index (χ3v) is 4.84. The first-order valence-electron chi connectivity index (χ1n) is 8.08. The van der Waals surface area contributed by atoms with Crippen molar-refractivity contribution in [2.24, 2.45) is 0 Å². The zero-order valence-corrected chi connectivity index (χ0v) is 15.0. The zero-order chi connectivity index (χ0) is 19.7. The van der Waals surface area contributed by atoms with Crippen LogP contribution in [0.3, 0.4) is 0 Å². The minimum absolute atomic E-state index is 0.0651. The summed E-state index contributed by atoms with van der Waals surface area (Å²) in [6.07, 6.45) is -3.29. The number of fused-ring (bicyclic) bond motifs is 1. The number of benzene rings is 2. The first kappa shape index (κ1) is 18.0. The molecule has 0 amide bonds. The van der Waals surface area contributed by atoms with Crippen molar-refractivity contribution >= 4 is 49.7 Å². The minimum Gasteiger partial charge on any atom is -0.393 e. The molecule has 0 aliphatic rings. The second-order valence-corrected chi connectivity index (χ2v) is 6.80. The molecule has 0 unspecified atom stereocenters. The van der Waals surface area contributed by atoms with Crippen LogP contribution in [0.2, 0.25) is 0 Å². The van der Waals surface area contributed by atoms with Gasteiger partial charge >= 0.3 is 6.18 Å². The van der Waals surface area contributed by atoms with Gasteiger partial charge in [-0.15, -0.1) is 0 Å². The molecule has 0 saturated carbocycles. The topological polar surface area (TPSA) is 88.8 Å². The molecule has 0 spiro atoms. The van der Waals surface area contributed by atoms with Crippen LogP contribution in [0.4, 0.5) is 41.3 Å². The van der Waals surface area contributed by atoms with Crippen LogP contribution in [0.15, 0.2) is 54.9 Å². The van der Waals surface area contributed by atoms with Gasteiger partial charge in [0.05, 0.1) is 21.5 Å².